The van der Waals surface area contributed by atoms with Gasteiger partial charge in [-0.25, -0.2) is 9.37 Å². The second-order valence-electron chi connectivity index (χ2n) is 9.90. The van der Waals surface area contributed by atoms with Crippen LogP contribution in [0.2, 0.25) is 0 Å². The highest BCUT2D eigenvalue weighted by Gasteiger charge is 2.26. The van der Waals surface area contributed by atoms with Gasteiger partial charge < -0.3 is 9.64 Å². The number of hydrogen-bond donors (Lipinski definition) is 1. The molecular formula is C31H31FN4O3. The molecule has 0 bridgehead atoms. The molecule has 5 rings (SSSR count). The quantitative estimate of drug-likeness (QED) is 0.326. The molecule has 1 aromatic heterocycles. The van der Waals surface area contributed by atoms with Gasteiger partial charge in [-0.05, 0) is 63.1 Å². The van der Waals surface area contributed by atoms with Crippen LogP contribution in [0.15, 0.2) is 79.0 Å². The van der Waals surface area contributed by atoms with Crippen LogP contribution in [0.5, 0.6) is 0 Å². The van der Waals surface area contributed by atoms with Crippen LogP contribution in [0.4, 0.5) is 10.3 Å². The Morgan fingerprint density at radius 2 is 1.67 bits per heavy atom. The van der Waals surface area contributed by atoms with Gasteiger partial charge in [0.05, 0.1) is 11.8 Å². The number of aromatic nitrogens is 2. The average molecular weight is 527 g/mol. The highest BCUT2D eigenvalue weighted by Crippen LogP contribution is 2.25. The molecule has 0 aliphatic carbocycles. The summed E-state index contributed by atoms with van der Waals surface area (Å²) in [5.41, 5.74) is 5.05. The van der Waals surface area contributed by atoms with Crippen molar-refractivity contribution in [2.75, 3.05) is 25.0 Å². The molecule has 8 heteroatoms. The fraction of sp³-hybridized carbons (Fsp3) is 0.258. The monoisotopic (exact) mass is 526 g/mol. The first-order valence-electron chi connectivity index (χ1n) is 13.1. The largest absolute Gasteiger partial charge is 0.376 e. The van der Waals surface area contributed by atoms with Crippen molar-refractivity contribution in [3.8, 4) is 16.9 Å². The second-order valence-corrected chi connectivity index (χ2v) is 9.90. The van der Waals surface area contributed by atoms with Crippen LogP contribution in [0.25, 0.3) is 16.9 Å². The number of rotatable bonds is 8. The van der Waals surface area contributed by atoms with E-state index in [1.165, 1.54) is 29.2 Å². The van der Waals surface area contributed by atoms with Gasteiger partial charge in [-0.1, -0.05) is 47.5 Å². The third-order valence-electron chi connectivity index (χ3n) is 6.78. The van der Waals surface area contributed by atoms with E-state index in [4.69, 9.17) is 9.72 Å². The predicted octanol–water partition coefficient (Wildman–Crippen LogP) is 5.56. The smallest absolute Gasteiger partial charge is 0.254 e. The lowest BCUT2D eigenvalue weighted by atomic mass is 10.1. The van der Waals surface area contributed by atoms with Gasteiger partial charge in [0.2, 0.25) is 11.9 Å². The molecule has 0 saturated carbocycles. The summed E-state index contributed by atoms with van der Waals surface area (Å²) in [6.45, 7) is 4.74. The molecule has 0 spiro atoms. The van der Waals surface area contributed by atoms with E-state index < -0.39 is 11.7 Å². The maximum atomic E-state index is 13.5. The van der Waals surface area contributed by atoms with Crippen LogP contribution in [0.1, 0.15) is 34.3 Å². The Balaban J connectivity index is 1.41. The van der Waals surface area contributed by atoms with Gasteiger partial charge in [0.1, 0.15) is 12.4 Å². The van der Waals surface area contributed by atoms with Crippen LogP contribution in [0, 0.1) is 19.7 Å². The van der Waals surface area contributed by atoms with Crippen LogP contribution >= 0.6 is 0 Å². The number of nitrogens with zero attached hydrogens (tertiary/aromatic N) is 3. The summed E-state index contributed by atoms with van der Waals surface area (Å²) in [7, 11) is 0. The molecule has 3 aromatic carbocycles. The van der Waals surface area contributed by atoms with Gasteiger partial charge in [0.15, 0.2) is 0 Å². The van der Waals surface area contributed by atoms with Crippen molar-refractivity contribution in [1.82, 2.24) is 14.5 Å². The Bertz CT molecular complexity index is 1440. The molecule has 1 aliphatic rings. The molecule has 1 N–H and O–H groups in total. The number of hydrogen-bond acceptors (Lipinski definition) is 4. The molecule has 4 aromatic rings. The van der Waals surface area contributed by atoms with Crippen molar-refractivity contribution in [1.29, 1.82) is 0 Å². The van der Waals surface area contributed by atoms with Gasteiger partial charge >= 0.3 is 0 Å². The second kappa shape index (κ2) is 11.6. The van der Waals surface area contributed by atoms with E-state index in [0.717, 1.165) is 35.2 Å². The zero-order valence-electron chi connectivity index (χ0n) is 22.1. The van der Waals surface area contributed by atoms with Crippen molar-refractivity contribution < 1.29 is 18.7 Å². The lowest BCUT2D eigenvalue weighted by Gasteiger charge is -2.25. The van der Waals surface area contributed by atoms with Crippen molar-refractivity contribution in [2.45, 2.75) is 32.8 Å². The van der Waals surface area contributed by atoms with E-state index in [1.54, 1.807) is 0 Å². The van der Waals surface area contributed by atoms with Crippen LogP contribution in [-0.2, 0) is 9.53 Å². The Labute approximate surface area is 227 Å². The number of aryl methyl sites for hydroxylation is 2. The normalized spacial score (nSPS) is 14.8. The Morgan fingerprint density at radius 3 is 2.31 bits per heavy atom. The van der Waals surface area contributed by atoms with E-state index >= 15 is 0 Å². The number of nitrogens with one attached hydrogen (secondary N) is 1. The third kappa shape index (κ3) is 6.41. The number of ether oxygens (including phenoxy) is 1. The lowest BCUT2D eigenvalue weighted by Crippen LogP contribution is -2.42. The minimum Gasteiger partial charge on any atom is -0.376 e. The maximum Gasteiger partial charge on any atom is 0.254 e. The number of benzene rings is 3. The zero-order valence-corrected chi connectivity index (χ0v) is 22.1. The van der Waals surface area contributed by atoms with Crippen molar-refractivity contribution in [3.63, 3.8) is 0 Å². The molecule has 7 nitrogen and oxygen atoms in total. The minimum atomic E-state index is -0.428. The number of carbonyl (C=O) groups is 2. The summed E-state index contributed by atoms with van der Waals surface area (Å²) >= 11 is 0. The highest BCUT2D eigenvalue weighted by atomic mass is 19.1. The molecule has 0 unspecified atom stereocenters. The Morgan fingerprint density at radius 1 is 1.00 bits per heavy atom. The standard InChI is InChI=1S/C31H31FN4O3/c1-21-5-9-23(10-6-21)28-19-36(26-15-7-22(2)8-16-26)31(33-28)34-29(37)20-35(18-27-4-3-17-39-27)30(38)24-11-13-25(32)14-12-24/h5-16,19,27H,3-4,17-18,20H2,1-2H3,(H,33,34,37)/t27-/m1/s1. The average Bonchev–Trinajstić information content (AvgIpc) is 3.59. The van der Waals surface area contributed by atoms with Crippen molar-refractivity contribution >= 4 is 17.8 Å². The van der Waals surface area contributed by atoms with Gasteiger partial charge in [-0.2, -0.15) is 0 Å². The molecule has 2 amide bonds. The van der Waals surface area contributed by atoms with E-state index in [0.29, 0.717) is 23.8 Å². The number of imidazole rings is 1. The van der Waals surface area contributed by atoms with E-state index in [9.17, 15) is 14.0 Å². The topological polar surface area (TPSA) is 76.5 Å². The van der Waals surface area contributed by atoms with E-state index in [-0.39, 0.29) is 25.1 Å². The van der Waals surface area contributed by atoms with Crippen LogP contribution in [0.3, 0.4) is 0 Å². The number of anilines is 1. The molecule has 1 aliphatic heterocycles. The summed E-state index contributed by atoms with van der Waals surface area (Å²) in [6, 6.07) is 21.3. The van der Waals surface area contributed by atoms with Crippen LogP contribution in [-0.4, -0.2) is 52.1 Å². The van der Waals surface area contributed by atoms with Gasteiger partial charge in [-0.3, -0.25) is 19.5 Å². The maximum absolute atomic E-state index is 13.5. The Kier molecular flexibility index (Phi) is 7.84. The molecule has 1 atom stereocenters. The summed E-state index contributed by atoms with van der Waals surface area (Å²) in [5.74, 6) is -0.825. The molecule has 1 fully saturated rings. The van der Waals surface area contributed by atoms with E-state index in [2.05, 4.69) is 5.32 Å². The summed E-state index contributed by atoms with van der Waals surface area (Å²) in [4.78, 5) is 32.9. The number of halogens is 1. The molecule has 2 heterocycles. The first-order valence-corrected chi connectivity index (χ1v) is 13.1. The van der Waals surface area contributed by atoms with Gasteiger partial charge in [0.25, 0.3) is 5.91 Å². The number of amides is 2. The number of carbonyl (C=O) groups excluding carboxylic acids is 2. The van der Waals surface area contributed by atoms with Crippen molar-refractivity contribution in [2.24, 2.45) is 0 Å². The van der Waals surface area contributed by atoms with Crippen molar-refractivity contribution in [3.05, 3.63) is 102 Å². The van der Waals surface area contributed by atoms with Gasteiger partial charge in [-0.15, -0.1) is 0 Å². The SMILES string of the molecule is Cc1ccc(-c2cn(-c3ccc(C)cc3)c(NC(=O)CN(C[C@H]3CCCO3)C(=O)c3ccc(F)cc3)n2)cc1. The summed E-state index contributed by atoms with van der Waals surface area (Å²) < 4.78 is 21.0. The molecule has 1 saturated heterocycles. The summed E-state index contributed by atoms with van der Waals surface area (Å²) in [5, 5.41) is 2.91. The summed E-state index contributed by atoms with van der Waals surface area (Å²) in [6.07, 6.45) is 3.46. The molecular weight excluding hydrogens is 495 g/mol. The third-order valence-corrected chi connectivity index (χ3v) is 6.78. The minimum absolute atomic E-state index is 0.148. The molecule has 39 heavy (non-hydrogen) atoms. The van der Waals surface area contributed by atoms with E-state index in [1.807, 2.05) is 73.1 Å². The first kappa shape index (κ1) is 26.3. The molecule has 0 radical (unpaired) electrons. The van der Waals surface area contributed by atoms with Crippen LogP contribution < -0.4 is 5.32 Å². The fourth-order valence-corrected chi connectivity index (χ4v) is 4.60. The zero-order chi connectivity index (χ0) is 27.4. The lowest BCUT2D eigenvalue weighted by molar-refractivity contribution is -0.117. The highest BCUT2D eigenvalue weighted by molar-refractivity contribution is 5.99. The molecule has 200 valence electrons. The Hall–Kier alpha value is -4.30. The van der Waals surface area contributed by atoms with Gasteiger partial charge in [0, 0.05) is 36.2 Å². The first-order chi connectivity index (χ1) is 18.9. The predicted molar refractivity (Wildman–Crippen MR) is 148 cm³/mol. The fourth-order valence-electron chi connectivity index (χ4n) is 4.60.